The summed E-state index contributed by atoms with van der Waals surface area (Å²) in [5.74, 6) is 0.756. The summed E-state index contributed by atoms with van der Waals surface area (Å²) < 4.78 is 12.3. The highest BCUT2D eigenvalue weighted by Crippen LogP contribution is 2.20. The standard InChI is InChI=1S/C17H19N3O3/c1-22-16-13(10-18)9-14-15(19-16)5-7-20(17(14)21)6-4-12-3-2-8-23-11-12/h5,7,9,12H,2-4,6,8,11H2,1H3/t12-/m1/s1. The van der Waals surface area contributed by atoms with Crippen LogP contribution < -0.4 is 10.3 Å². The molecular formula is C17H19N3O3. The summed E-state index contributed by atoms with van der Waals surface area (Å²) in [5, 5.41) is 9.60. The molecule has 2 aromatic rings. The van der Waals surface area contributed by atoms with Gasteiger partial charge in [0.1, 0.15) is 11.6 Å². The van der Waals surface area contributed by atoms with Gasteiger partial charge >= 0.3 is 0 Å². The maximum absolute atomic E-state index is 12.6. The van der Waals surface area contributed by atoms with Gasteiger partial charge in [-0.1, -0.05) is 0 Å². The number of pyridine rings is 2. The summed E-state index contributed by atoms with van der Waals surface area (Å²) in [4.78, 5) is 16.8. The number of aryl methyl sites for hydroxylation is 1. The molecule has 0 amide bonds. The van der Waals surface area contributed by atoms with E-state index in [2.05, 4.69) is 4.98 Å². The van der Waals surface area contributed by atoms with Crippen LogP contribution in [0.15, 0.2) is 23.1 Å². The third-order valence-electron chi connectivity index (χ3n) is 4.27. The largest absolute Gasteiger partial charge is 0.480 e. The maximum atomic E-state index is 12.6. The molecule has 23 heavy (non-hydrogen) atoms. The molecule has 0 N–H and O–H groups in total. The van der Waals surface area contributed by atoms with E-state index in [0.717, 1.165) is 32.5 Å². The molecule has 0 saturated carbocycles. The first-order valence-electron chi connectivity index (χ1n) is 7.79. The van der Waals surface area contributed by atoms with Crippen LogP contribution in [0.5, 0.6) is 5.88 Å². The SMILES string of the molecule is COc1nc2ccn(CC[C@H]3CCCOC3)c(=O)c2cc1C#N. The lowest BCUT2D eigenvalue weighted by atomic mass is 9.99. The predicted octanol–water partition coefficient (Wildman–Crippen LogP) is 2.09. The van der Waals surface area contributed by atoms with Gasteiger partial charge in [0.2, 0.25) is 5.88 Å². The molecule has 0 spiro atoms. The first-order valence-corrected chi connectivity index (χ1v) is 7.79. The van der Waals surface area contributed by atoms with E-state index >= 15 is 0 Å². The van der Waals surface area contributed by atoms with Gasteiger partial charge < -0.3 is 14.0 Å². The summed E-state index contributed by atoms with van der Waals surface area (Å²) in [6.45, 7) is 2.27. The number of fused-ring (bicyclic) bond motifs is 1. The molecule has 0 unspecified atom stereocenters. The van der Waals surface area contributed by atoms with Gasteiger partial charge in [-0.25, -0.2) is 4.98 Å². The molecular weight excluding hydrogens is 294 g/mol. The van der Waals surface area contributed by atoms with Crippen LogP contribution in [0, 0.1) is 17.2 Å². The zero-order chi connectivity index (χ0) is 16.2. The molecule has 0 radical (unpaired) electrons. The molecule has 0 aromatic carbocycles. The van der Waals surface area contributed by atoms with Gasteiger partial charge in [0, 0.05) is 26.0 Å². The van der Waals surface area contributed by atoms with Crippen molar-refractivity contribution in [3.05, 3.63) is 34.2 Å². The summed E-state index contributed by atoms with van der Waals surface area (Å²) in [6, 6.07) is 5.37. The number of aromatic nitrogens is 2. The molecule has 1 fully saturated rings. The third-order valence-corrected chi connectivity index (χ3v) is 4.27. The summed E-state index contributed by atoms with van der Waals surface area (Å²) in [6.07, 6.45) is 4.92. The minimum absolute atomic E-state index is 0.120. The van der Waals surface area contributed by atoms with Gasteiger partial charge in [0.15, 0.2) is 0 Å². The van der Waals surface area contributed by atoms with E-state index in [0.29, 0.717) is 23.4 Å². The number of hydrogen-bond donors (Lipinski definition) is 0. The van der Waals surface area contributed by atoms with Crippen LogP contribution in [0.1, 0.15) is 24.8 Å². The van der Waals surface area contributed by atoms with Crippen LogP contribution in [-0.2, 0) is 11.3 Å². The highest BCUT2D eigenvalue weighted by molar-refractivity contribution is 5.79. The molecule has 3 rings (SSSR count). The van der Waals surface area contributed by atoms with Gasteiger partial charge in [0.25, 0.3) is 5.56 Å². The van der Waals surface area contributed by atoms with E-state index in [1.807, 2.05) is 6.07 Å². The van der Waals surface area contributed by atoms with Crippen LogP contribution in [-0.4, -0.2) is 29.9 Å². The molecule has 3 heterocycles. The highest BCUT2D eigenvalue weighted by atomic mass is 16.5. The molecule has 0 aliphatic carbocycles. The zero-order valence-corrected chi connectivity index (χ0v) is 13.1. The molecule has 0 bridgehead atoms. The number of nitriles is 1. The average molecular weight is 313 g/mol. The number of methoxy groups -OCH3 is 1. The minimum Gasteiger partial charge on any atom is -0.480 e. The van der Waals surface area contributed by atoms with Crippen molar-refractivity contribution in [2.45, 2.75) is 25.8 Å². The molecule has 6 nitrogen and oxygen atoms in total. The second kappa shape index (κ2) is 6.80. The average Bonchev–Trinajstić information content (AvgIpc) is 2.61. The first kappa shape index (κ1) is 15.5. The number of ether oxygens (including phenoxy) is 2. The van der Waals surface area contributed by atoms with Crippen molar-refractivity contribution in [2.75, 3.05) is 20.3 Å². The Labute approximate surface area is 134 Å². The molecule has 1 aliphatic heterocycles. The Kier molecular flexibility index (Phi) is 4.58. The van der Waals surface area contributed by atoms with E-state index < -0.39 is 0 Å². The fourth-order valence-electron chi connectivity index (χ4n) is 2.96. The number of hydrogen-bond acceptors (Lipinski definition) is 5. The van der Waals surface area contributed by atoms with Crippen molar-refractivity contribution in [1.29, 1.82) is 5.26 Å². The monoisotopic (exact) mass is 313 g/mol. The second-order valence-electron chi connectivity index (χ2n) is 5.78. The first-order chi connectivity index (χ1) is 11.2. The van der Waals surface area contributed by atoms with Gasteiger partial charge in [0.05, 0.1) is 18.0 Å². The molecule has 120 valence electrons. The van der Waals surface area contributed by atoms with Crippen LogP contribution >= 0.6 is 0 Å². The maximum Gasteiger partial charge on any atom is 0.260 e. The van der Waals surface area contributed by atoms with Crippen molar-refractivity contribution >= 4 is 10.9 Å². The molecule has 1 saturated heterocycles. The van der Waals surface area contributed by atoms with Crippen LogP contribution in [0.4, 0.5) is 0 Å². The van der Waals surface area contributed by atoms with E-state index in [1.54, 1.807) is 22.9 Å². The Morgan fingerprint density at radius 1 is 1.57 bits per heavy atom. The van der Waals surface area contributed by atoms with Gasteiger partial charge in [-0.2, -0.15) is 5.26 Å². The fourth-order valence-corrected chi connectivity index (χ4v) is 2.96. The zero-order valence-electron chi connectivity index (χ0n) is 13.1. The van der Waals surface area contributed by atoms with E-state index in [1.165, 1.54) is 7.11 Å². The van der Waals surface area contributed by atoms with E-state index in [9.17, 15) is 4.79 Å². The van der Waals surface area contributed by atoms with Crippen molar-refractivity contribution < 1.29 is 9.47 Å². The van der Waals surface area contributed by atoms with Crippen LogP contribution in [0.25, 0.3) is 10.9 Å². The summed E-state index contributed by atoms with van der Waals surface area (Å²) in [7, 11) is 1.46. The number of rotatable bonds is 4. The lowest BCUT2D eigenvalue weighted by Gasteiger charge is -2.22. The van der Waals surface area contributed by atoms with Crippen molar-refractivity contribution in [2.24, 2.45) is 5.92 Å². The van der Waals surface area contributed by atoms with Gasteiger partial charge in [-0.3, -0.25) is 4.79 Å². The molecule has 1 aliphatic rings. The summed E-state index contributed by atoms with van der Waals surface area (Å²) in [5.41, 5.74) is 0.699. The lowest BCUT2D eigenvalue weighted by Crippen LogP contribution is -2.24. The quantitative estimate of drug-likeness (QED) is 0.864. The molecule has 1 atom stereocenters. The van der Waals surface area contributed by atoms with Crippen molar-refractivity contribution in [1.82, 2.24) is 9.55 Å². The van der Waals surface area contributed by atoms with E-state index in [-0.39, 0.29) is 17.0 Å². The normalized spacial score (nSPS) is 17.8. The Morgan fingerprint density at radius 2 is 2.43 bits per heavy atom. The summed E-state index contributed by atoms with van der Waals surface area (Å²) >= 11 is 0. The Balaban J connectivity index is 1.89. The lowest BCUT2D eigenvalue weighted by molar-refractivity contribution is 0.0500. The second-order valence-corrected chi connectivity index (χ2v) is 5.78. The Hall–Kier alpha value is -2.39. The Morgan fingerprint density at radius 3 is 3.13 bits per heavy atom. The third kappa shape index (κ3) is 3.20. The minimum atomic E-state index is -0.120. The van der Waals surface area contributed by atoms with Crippen LogP contribution in [0.3, 0.4) is 0 Å². The smallest absolute Gasteiger partial charge is 0.260 e. The van der Waals surface area contributed by atoms with Crippen molar-refractivity contribution in [3.8, 4) is 11.9 Å². The Bertz CT molecular complexity index is 801. The molecule has 2 aromatic heterocycles. The predicted molar refractivity (Wildman–Crippen MR) is 85.4 cm³/mol. The highest BCUT2D eigenvalue weighted by Gasteiger charge is 2.15. The topological polar surface area (TPSA) is 77.1 Å². The molecule has 6 heteroatoms. The van der Waals surface area contributed by atoms with Crippen molar-refractivity contribution in [3.63, 3.8) is 0 Å². The van der Waals surface area contributed by atoms with Gasteiger partial charge in [-0.05, 0) is 37.3 Å². The van der Waals surface area contributed by atoms with Gasteiger partial charge in [-0.15, -0.1) is 0 Å². The number of nitrogens with zero attached hydrogens (tertiary/aromatic N) is 3. The van der Waals surface area contributed by atoms with Crippen LogP contribution in [0.2, 0.25) is 0 Å². The van der Waals surface area contributed by atoms with E-state index in [4.69, 9.17) is 14.7 Å². The fraction of sp³-hybridized carbons (Fsp3) is 0.471.